The second-order valence-electron chi connectivity index (χ2n) is 2.96. The molecule has 0 saturated carbocycles. The van der Waals surface area contributed by atoms with Crippen LogP contribution in [0.15, 0.2) is 24.3 Å². The topological polar surface area (TPSA) is 24.1 Å². The van der Waals surface area contributed by atoms with Crippen molar-refractivity contribution < 1.29 is 4.39 Å². The number of hydrogen-bond donors (Lipinski definition) is 2. The molecule has 1 aromatic rings. The molecule has 2 N–H and O–H groups in total. The monoisotopic (exact) mass is 166 g/mol. The molecule has 0 spiro atoms. The van der Waals surface area contributed by atoms with Crippen molar-refractivity contribution in [3.05, 3.63) is 35.6 Å². The van der Waals surface area contributed by atoms with E-state index in [1.807, 2.05) is 12.1 Å². The summed E-state index contributed by atoms with van der Waals surface area (Å²) in [6.07, 6.45) is 1.06. The van der Waals surface area contributed by atoms with Gasteiger partial charge in [-0.25, -0.2) is 4.39 Å². The van der Waals surface area contributed by atoms with Crippen LogP contribution in [0.2, 0.25) is 0 Å². The third-order valence-corrected chi connectivity index (χ3v) is 2.11. The summed E-state index contributed by atoms with van der Waals surface area (Å²) in [6, 6.07) is 6.97. The molecule has 1 aliphatic heterocycles. The Kier molecular flexibility index (Phi) is 2.06. The maximum Gasteiger partial charge on any atom is 0.123 e. The molecule has 1 aliphatic rings. The number of benzene rings is 1. The lowest BCUT2D eigenvalue weighted by molar-refractivity contribution is 0.577. The summed E-state index contributed by atoms with van der Waals surface area (Å²) in [5, 5.41) is 0. The Balaban J connectivity index is 2.17. The van der Waals surface area contributed by atoms with Crippen molar-refractivity contribution in [3.63, 3.8) is 0 Å². The SMILES string of the molecule is Fc1ccc(C2CCNN2)cc1. The predicted molar refractivity (Wildman–Crippen MR) is 44.9 cm³/mol. The first kappa shape index (κ1) is 7.71. The van der Waals surface area contributed by atoms with Gasteiger partial charge in [0.25, 0.3) is 0 Å². The van der Waals surface area contributed by atoms with Gasteiger partial charge in [0.15, 0.2) is 0 Å². The Morgan fingerprint density at radius 2 is 2.00 bits per heavy atom. The molecule has 1 atom stereocenters. The number of rotatable bonds is 1. The van der Waals surface area contributed by atoms with Crippen molar-refractivity contribution in [2.24, 2.45) is 0 Å². The first-order valence-electron chi connectivity index (χ1n) is 4.10. The summed E-state index contributed by atoms with van der Waals surface area (Å²) in [4.78, 5) is 0. The van der Waals surface area contributed by atoms with Gasteiger partial charge in [-0.1, -0.05) is 12.1 Å². The Labute approximate surface area is 70.8 Å². The number of hydrogen-bond acceptors (Lipinski definition) is 2. The zero-order valence-electron chi connectivity index (χ0n) is 6.68. The molecule has 12 heavy (non-hydrogen) atoms. The van der Waals surface area contributed by atoms with Gasteiger partial charge in [-0.05, 0) is 24.1 Å². The molecule has 0 radical (unpaired) electrons. The molecule has 2 nitrogen and oxygen atoms in total. The van der Waals surface area contributed by atoms with E-state index in [2.05, 4.69) is 10.9 Å². The van der Waals surface area contributed by atoms with Crippen molar-refractivity contribution >= 4 is 0 Å². The zero-order valence-corrected chi connectivity index (χ0v) is 6.68. The molecule has 1 aromatic carbocycles. The third-order valence-electron chi connectivity index (χ3n) is 2.11. The lowest BCUT2D eigenvalue weighted by Crippen LogP contribution is -2.24. The van der Waals surface area contributed by atoms with E-state index >= 15 is 0 Å². The fraction of sp³-hybridized carbons (Fsp3) is 0.333. The number of halogens is 1. The summed E-state index contributed by atoms with van der Waals surface area (Å²) in [5.41, 5.74) is 7.30. The quantitative estimate of drug-likeness (QED) is 0.658. The van der Waals surface area contributed by atoms with Crippen molar-refractivity contribution in [3.8, 4) is 0 Å². The van der Waals surface area contributed by atoms with Gasteiger partial charge in [-0.2, -0.15) is 0 Å². The van der Waals surface area contributed by atoms with Gasteiger partial charge in [-0.3, -0.25) is 10.9 Å². The van der Waals surface area contributed by atoms with Gasteiger partial charge < -0.3 is 0 Å². The van der Waals surface area contributed by atoms with Gasteiger partial charge in [-0.15, -0.1) is 0 Å². The first-order valence-corrected chi connectivity index (χ1v) is 4.10. The largest absolute Gasteiger partial charge is 0.257 e. The lowest BCUT2D eigenvalue weighted by atomic mass is 10.1. The maximum absolute atomic E-state index is 12.5. The van der Waals surface area contributed by atoms with Crippen LogP contribution in [-0.4, -0.2) is 6.54 Å². The molecular weight excluding hydrogens is 155 g/mol. The summed E-state index contributed by atoms with van der Waals surface area (Å²) in [5.74, 6) is -0.176. The first-order chi connectivity index (χ1) is 5.86. The van der Waals surface area contributed by atoms with Crippen LogP contribution in [0.1, 0.15) is 18.0 Å². The number of nitrogens with one attached hydrogen (secondary N) is 2. The van der Waals surface area contributed by atoms with Gasteiger partial charge in [0.2, 0.25) is 0 Å². The average Bonchev–Trinajstić information content (AvgIpc) is 2.58. The van der Waals surface area contributed by atoms with Crippen LogP contribution in [0, 0.1) is 5.82 Å². The fourth-order valence-corrected chi connectivity index (χ4v) is 1.43. The normalized spacial score (nSPS) is 22.9. The van der Waals surface area contributed by atoms with Crippen molar-refractivity contribution in [2.75, 3.05) is 6.54 Å². The molecule has 1 heterocycles. The highest BCUT2D eigenvalue weighted by atomic mass is 19.1. The van der Waals surface area contributed by atoms with E-state index in [0.717, 1.165) is 18.5 Å². The predicted octanol–water partition coefficient (Wildman–Crippen LogP) is 1.36. The standard InChI is InChI=1S/C9H11FN2/c10-8-3-1-7(2-4-8)9-5-6-11-12-9/h1-4,9,11-12H,5-6H2. The van der Waals surface area contributed by atoms with Crippen LogP contribution >= 0.6 is 0 Å². The Morgan fingerprint density at radius 3 is 2.58 bits per heavy atom. The highest BCUT2D eigenvalue weighted by Gasteiger charge is 2.14. The van der Waals surface area contributed by atoms with E-state index in [1.165, 1.54) is 12.1 Å². The van der Waals surface area contributed by atoms with E-state index < -0.39 is 0 Å². The van der Waals surface area contributed by atoms with Crippen molar-refractivity contribution in [1.29, 1.82) is 0 Å². The molecular formula is C9H11FN2. The molecule has 64 valence electrons. The van der Waals surface area contributed by atoms with E-state index in [4.69, 9.17) is 0 Å². The summed E-state index contributed by atoms with van der Waals surface area (Å²) >= 11 is 0. The molecule has 2 rings (SSSR count). The second-order valence-corrected chi connectivity index (χ2v) is 2.96. The molecule has 0 amide bonds. The zero-order chi connectivity index (χ0) is 8.39. The fourth-order valence-electron chi connectivity index (χ4n) is 1.43. The summed E-state index contributed by atoms with van der Waals surface area (Å²) in [6.45, 7) is 0.974. The molecule has 0 aliphatic carbocycles. The van der Waals surface area contributed by atoms with Gasteiger partial charge >= 0.3 is 0 Å². The summed E-state index contributed by atoms with van der Waals surface area (Å²) < 4.78 is 12.5. The second kappa shape index (κ2) is 3.21. The van der Waals surface area contributed by atoms with E-state index in [0.29, 0.717) is 6.04 Å². The van der Waals surface area contributed by atoms with Crippen LogP contribution in [-0.2, 0) is 0 Å². The van der Waals surface area contributed by atoms with Gasteiger partial charge in [0.05, 0.1) is 0 Å². The molecule has 3 heteroatoms. The van der Waals surface area contributed by atoms with Crippen LogP contribution in [0.3, 0.4) is 0 Å². The maximum atomic E-state index is 12.5. The molecule has 1 unspecified atom stereocenters. The van der Waals surface area contributed by atoms with Gasteiger partial charge in [0.1, 0.15) is 5.82 Å². The minimum atomic E-state index is -0.176. The van der Waals surface area contributed by atoms with E-state index in [1.54, 1.807) is 0 Å². The lowest BCUT2D eigenvalue weighted by Gasteiger charge is -2.08. The summed E-state index contributed by atoms with van der Waals surface area (Å²) in [7, 11) is 0. The van der Waals surface area contributed by atoms with Crippen molar-refractivity contribution in [1.82, 2.24) is 10.9 Å². The average molecular weight is 166 g/mol. The highest BCUT2D eigenvalue weighted by Crippen LogP contribution is 2.18. The smallest absolute Gasteiger partial charge is 0.123 e. The van der Waals surface area contributed by atoms with Crippen LogP contribution in [0.4, 0.5) is 4.39 Å². The van der Waals surface area contributed by atoms with E-state index in [9.17, 15) is 4.39 Å². The van der Waals surface area contributed by atoms with Gasteiger partial charge in [0, 0.05) is 12.6 Å². The third kappa shape index (κ3) is 1.47. The Morgan fingerprint density at radius 1 is 1.25 bits per heavy atom. The Hall–Kier alpha value is -0.930. The molecule has 0 bridgehead atoms. The van der Waals surface area contributed by atoms with E-state index in [-0.39, 0.29) is 5.82 Å². The highest BCUT2D eigenvalue weighted by molar-refractivity contribution is 5.20. The number of hydrazine groups is 1. The van der Waals surface area contributed by atoms with Crippen LogP contribution in [0.25, 0.3) is 0 Å². The molecule has 0 aromatic heterocycles. The minimum absolute atomic E-state index is 0.176. The minimum Gasteiger partial charge on any atom is -0.257 e. The van der Waals surface area contributed by atoms with Crippen LogP contribution in [0.5, 0.6) is 0 Å². The molecule has 1 fully saturated rings. The van der Waals surface area contributed by atoms with Crippen molar-refractivity contribution in [2.45, 2.75) is 12.5 Å². The molecule has 1 saturated heterocycles. The van der Waals surface area contributed by atoms with Crippen LogP contribution < -0.4 is 10.9 Å². The Bertz CT molecular complexity index is 252.